The summed E-state index contributed by atoms with van der Waals surface area (Å²) in [5.74, 6) is -11.1. The van der Waals surface area contributed by atoms with Crippen molar-refractivity contribution in [3.05, 3.63) is 53.1 Å². The minimum Gasteiger partial charge on any atom is -0.545 e. The van der Waals surface area contributed by atoms with Crippen molar-refractivity contribution in [3.63, 3.8) is 0 Å². The fourth-order valence-corrected chi connectivity index (χ4v) is 2.17. The Kier molecular flexibility index (Phi) is 11.2. The third-order valence-electron chi connectivity index (χ3n) is 3.92. The summed E-state index contributed by atoms with van der Waals surface area (Å²) in [6.07, 6.45) is 0. The van der Waals surface area contributed by atoms with Crippen molar-refractivity contribution < 1.29 is 92.7 Å². The molecule has 15 nitrogen and oxygen atoms in total. The summed E-state index contributed by atoms with van der Waals surface area (Å²) in [7, 11) is 0. The number of phenolic OH excluding ortho intramolecular Hbond substituents is 9. The standard InChI is InChI=1S/3C7H6O5.Fe/c3*8-4-1-3(7(11)12)2-5(9)6(4)10;/h3*1-2,8-10H,(H,11,12);/q;;;+3/p-3. The number of hydrogen-bond acceptors (Lipinski definition) is 15. The van der Waals surface area contributed by atoms with E-state index in [1.807, 2.05) is 0 Å². The van der Waals surface area contributed by atoms with Crippen LogP contribution in [0.5, 0.6) is 51.7 Å². The van der Waals surface area contributed by atoms with Gasteiger partial charge in [-0.2, -0.15) is 0 Å². The molecule has 3 aromatic carbocycles. The molecular weight excluding hydrogens is 548 g/mol. The zero-order valence-electron chi connectivity index (χ0n) is 17.8. The van der Waals surface area contributed by atoms with Gasteiger partial charge in [0.05, 0.1) is 17.9 Å². The predicted molar refractivity (Wildman–Crippen MR) is 107 cm³/mol. The molecule has 0 amide bonds. The van der Waals surface area contributed by atoms with E-state index in [0.717, 1.165) is 36.4 Å². The zero-order valence-corrected chi connectivity index (χ0v) is 18.9. The van der Waals surface area contributed by atoms with Crippen LogP contribution in [0.4, 0.5) is 0 Å². The smallest absolute Gasteiger partial charge is 0.545 e. The molecule has 0 saturated heterocycles. The van der Waals surface area contributed by atoms with E-state index in [-0.39, 0.29) is 17.1 Å². The molecule has 0 heterocycles. The molecule has 0 unspecified atom stereocenters. The average Bonchev–Trinajstić information content (AvgIpc) is 2.79. The van der Waals surface area contributed by atoms with Gasteiger partial charge in [0.25, 0.3) is 0 Å². The quantitative estimate of drug-likeness (QED) is 0.117. The van der Waals surface area contributed by atoms with E-state index in [4.69, 9.17) is 46.0 Å². The molecule has 0 aromatic heterocycles. The van der Waals surface area contributed by atoms with E-state index < -0.39 is 86.3 Å². The van der Waals surface area contributed by atoms with Gasteiger partial charge in [0.15, 0.2) is 51.7 Å². The normalized spacial score (nSPS) is 9.41. The first-order valence-electron chi connectivity index (χ1n) is 8.95. The van der Waals surface area contributed by atoms with E-state index >= 15 is 0 Å². The minimum absolute atomic E-state index is 0. The number of benzene rings is 3. The van der Waals surface area contributed by atoms with E-state index in [2.05, 4.69) is 0 Å². The van der Waals surface area contributed by atoms with Crippen LogP contribution in [0.1, 0.15) is 31.1 Å². The number of hydrogen-bond donors (Lipinski definition) is 9. The van der Waals surface area contributed by atoms with E-state index in [1.165, 1.54) is 0 Å². The van der Waals surface area contributed by atoms with Gasteiger partial charge in [-0.15, -0.1) is 0 Å². The maximum Gasteiger partial charge on any atom is 3.00 e. The summed E-state index contributed by atoms with van der Waals surface area (Å²) in [4.78, 5) is 30.6. The van der Waals surface area contributed by atoms with E-state index in [9.17, 15) is 29.7 Å². The van der Waals surface area contributed by atoms with Crippen LogP contribution in [0.3, 0.4) is 0 Å². The minimum atomic E-state index is -1.54. The molecule has 3 rings (SSSR count). The second kappa shape index (κ2) is 13.0. The van der Waals surface area contributed by atoms with Gasteiger partial charge in [0.2, 0.25) is 0 Å². The Hall–Kier alpha value is -5.21. The van der Waals surface area contributed by atoms with Crippen LogP contribution in [0, 0.1) is 0 Å². The fourth-order valence-electron chi connectivity index (χ4n) is 2.17. The monoisotopic (exact) mass is 563 g/mol. The fraction of sp³-hybridized carbons (Fsp3) is 0. The Bertz CT molecular complexity index is 1090. The second-order valence-corrected chi connectivity index (χ2v) is 6.45. The second-order valence-electron chi connectivity index (χ2n) is 6.45. The van der Waals surface area contributed by atoms with Crippen LogP contribution in [-0.4, -0.2) is 63.9 Å². The summed E-state index contributed by atoms with van der Waals surface area (Å²) in [5, 5.41) is 110. The first-order valence-corrected chi connectivity index (χ1v) is 8.95. The summed E-state index contributed by atoms with van der Waals surface area (Å²) in [6, 6.07) is 4.69. The van der Waals surface area contributed by atoms with Crippen molar-refractivity contribution in [1.29, 1.82) is 0 Å². The Labute approximate surface area is 215 Å². The maximum absolute atomic E-state index is 10.2. The van der Waals surface area contributed by atoms with E-state index in [0.29, 0.717) is 0 Å². The van der Waals surface area contributed by atoms with Gasteiger partial charge < -0.3 is 75.7 Å². The Morgan fingerprint density at radius 3 is 0.649 bits per heavy atom. The summed E-state index contributed by atoms with van der Waals surface area (Å²) in [6.45, 7) is 0. The maximum atomic E-state index is 10.2. The molecule has 0 saturated carbocycles. The van der Waals surface area contributed by atoms with E-state index in [1.54, 1.807) is 0 Å². The molecule has 16 heteroatoms. The number of phenols is 9. The molecule has 37 heavy (non-hydrogen) atoms. The number of carboxylic acids is 3. The number of aromatic carboxylic acids is 3. The van der Waals surface area contributed by atoms with Crippen molar-refractivity contribution >= 4 is 17.9 Å². The SMILES string of the molecule is O=C([O-])c1cc(O)c(O)c(O)c1.O=C([O-])c1cc(O)c(O)c(O)c1.O=C([O-])c1cc(O)c(O)c(O)c1.[Fe+3]. The van der Waals surface area contributed by atoms with Crippen LogP contribution in [0.25, 0.3) is 0 Å². The van der Waals surface area contributed by atoms with Crippen molar-refractivity contribution in [1.82, 2.24) is 0 Å². The van der Waals surface area contributed by atoms with Gasteiger partial charge in [-0.25, -0.2) is 0 Å². The average molecular weight is 563 g/mol. The Morgan fingerprint density at radius 2 is 0.541 bits per heavy atom. The van der Waals surface area contributed by atoms with Gasteiger partial charge in [-0.05, 0) is 36.4 Å². The summed E-state index contributed by atoms with van der Waals surface area (Å²) < 4.78 is 0. The molecule has 3 aromatic rings. The van der Waals surface area contributed by atoms with Crippen LogP contribution in [0.2, 0.25) is 0 Å². The third-order valence-corrected chi connectivity index (χ3v) is 3.92. The van der Waals surface area contributed by atoms with Crippen LogP contribution < -0.4 is 15.3 Å². The molecule has 1 radical (unpaired) electrons. The number of carbonyl (C=O) groups is 3. The molecule has 9 N–H and O–H groups in total. The number of rotatable bonds is 3. The third kappa shape index (κ3) is 8.50. The molecule has 0 bridgehead atoms. The Balaban J connectivity index is 0.000000518. The zero-order chi connectivity index (χ0) is 27.9. The van der Waals surface area contributed by atoms with Crippen molar-refractivity contribution in [3.8, 4) is 51.7 Å². The molecule has 0 aliphatic rings. The molecule has 0 aliphatic heterocycles. The van der Waals surface area contributed by atoms with Gasteiger partial charge >= 0.3 is 17.1 Å². The molecular formula is C21H15FeO15. The first kappa shape index (κ1) is 31.8. The van der Waals surface area contributed by atoms with Gasteiger partial charge in [-0.3, -0.25) is 0 Å². The van der Waals surface area contributed by atoms with Crippen LogP contribution in [0.15, 0.2) is 36.4 Å². The molecule has 197 valence electrons. The Morgan fingerprint density at radius 1 is 0.405 bits per heavy atom. The number of carbonyl (C=O) groups excluding carboxylic acids is 3. The summed E-state index contributed by atoms with van der Waals surface area (Å²) in [5.41, 5.74) is -1.20. The van der Waals surface area contributed by atoms with Gasteiger partial charge in [-0.1, -0.05) is 0 Å². The van der Waals surface area contributed by atoms with Crippen LogP contribution >= 0.6 is 0 Å². The molecule has 0 atom stereocenters. The predicted octanol–water partition coefficient (Wildman–Crippen LogP) is -2.50. The summed E-state index contributed by atoms with van der Waals surface area (Å²) >= 11 is 0. The van der Waals surface area contributed by atoms with Crippen molar-refractivity contribution in [2.24, 2.45) is 0 Å². The molecule has 0 spiro atoms. The molecule has 0 aliphatic carbocycles. The topological polar surface area (TPSA) is 302 Å². The van der Waals surface area contributed by atoms with Crippen molar-refractivity contribution in [2.75, 3.05) is 0 Å². The largest absolute Gasteiger partial charge is 3.00 e. The van der Waals surface area contributed by atoms with Crippen LogP contribution in [-0.2, 0) is 17.1 Å². The molecule has 0 fully saturated rings. The number of carboxylic acid groups (broad SMARTS) is 3. The first-order chi connectivity index (χ1) is 16.6. The number of aromatic hydroxyl groups is 9. The van der Waals surface area contributed by atoms with Gasteiger partial charge in [0, 0.05) is 16.7 Å². The van der Waals surface area contributed by atoms with Gasteiger partial charge in [0.1, 0.15) is 0 Å². The van der Waals surface area contributed by atoms with Crippen molar-refractivity contribution in [2.45, 2.75) is 0 Å².